The second-order valence-corrected chi connectivity index (χ2v) is 7.31. The smallest absolute Gasteiger partial charge is 0.239 e. The number of nitrogens with one attached hydrogen (secondary N) is 1. The van der Waals surface area contributed by atoms with Gasteiger partial charge in [0, 0.05) is 0 Å². The standard InChI is InChI=1S/C16H21BrN2OS/c1-3-5-7-11-8-9-13-14(10-11)21-16(18-13)19-15(20)12(17)6-4-2/h8-10,12H,3-7H2,1-2H3,(H,18,19,20)/t12-/m0/s1. The molecule has 21 heavy (non-hydrogen) atoms. The first-order valence-electron chi connectivity index (χ1n) is 7.48. The van der Waals surface area contributed by atoms with Gasteiger partial charge in [0.1, 0.15) is 0 Å². The van der Waals surface area contributed by atoms with Crippen molar-refractivity contribution in [2.75, 3.05) is 5.32 Å². The fourth-order valence-electron chi connectivity index (χ4n) is 2.13. The van der Waals surface area contributed by atoms with Crippen LogP contribution in [0.5, 0.6) is 0 Å². The van der Waals surface area contributed by atoms with Gasteiger partial charge in [-0.15, -0.1) is 0 Å². The van der Waals surface area contributed by atoms with Gasteiger partial charge in [-0.25, -0.2) is 4.98 Å². The van der Waals surface area contributed by atoms with Crippen LogP contribution in [0.1, 0.15) is 45.1 Å². The van der Waals surface area contributed by atoms with Crippen LogP contribution in [0.4, 0.5) is 5.13 Å². The molecule has 1 amide bonds. The summed E-state index contributed by atoms with van der Waals surface area (Å²) in [4.78, 5) is 16.3. The van der Waals surface area contributed by atoms with Gasteiger partial charge < -0.3 is 5.32 Å². The first-order chi connectivity index (χ1) is 10.1. The lowest BCUT2D eigenvalue weighted by Crippen LogP contribution is -2.22. The lowest BCUT2D eigenvalue weighted by molar-refractivity contribution is -0.115. The van der Waals surface area contributed by atoms with Crippen LogP contribution in [0, 0.1) is 0 Å². The zero-order chi connectivity index (χ0) is 15.2. The Morgan fingerprint density at radius 1 is 1.38 bits per heavy atom. The molecule has 114 valence electrons. The van der Waals surface area contributed by atoms with Crippen molar-refractivity contribution in [1.82, 2.24) is 4.98 Å². The summed E-state index contributed by atoms with van der Waals surface area (Å²) >= 11 is 4.95. The van der Waals surface area contributed by atoms with E-state index in [9.17, 15) is 4.79 Å². The number of carbonyl (C=O) groups is 1. The van der Waals surface area contributed by atoms with E-state index in [4.69, 9.17) is 0 Å². The summed E-state index contributed by atoms with van der Waals surface area (Å²) in [5.74, 6) is -0.0119. The number of thiazole rings is 1. The van der Waals surface area contributed by atoms with E-state index in [1.807, 2.05) is 6.07 Å². The Morgan fingerprint density at radius 2 is 2.19 bits per heavy atom. The number of fused-ring (bicyclic) bond motifs is 1. The molecule has 0 saturated heterocycles. The van der Waals surface area contributed by atoms with Crippen LogP contribution in [-0.2, 0) is 11.2 Å². The van der Waals surface area contributed by atoms with Gasteiger partial charge in [0.05, 0.1) is 15.0 Å². The van der Waals surface area contributed by atoms with E-state index in [1.165, 1.54) is 18.4 Å². The summed E-state index contributed by atoms with van der Waals surface area (Å²) in [7, 11) is 0. The summed E-state index contributed by atoms with van der Waals surface area (Å²) in [5, 5.41) is 3.58. The molecule has 0 bridgehead atoms. The van der Waals surface area contributed by atoms with E-state index >= 15 is 0 Å². The molecular weight excluding hydrogens is 348 g/mol. The van der Waals surface area contributed by atoms with Gasteiger partial charge in [-0.05, 0) is 37.0 Å². The predicted octanol–water partition coefficient (Wildman–Crippen LogP) is 5.14. The van der Waals surface area contributed by atoms with Gasteiger partial charge in [0.2, 0.25) is 5.91 Å². The van der Waals surface area contributed by atoms with Crippen LogP contribution in [0.15, 0.2) is 18.2 Å². The maximum absolute atomic E-state index is 12.0. The van der Waals surface area contributed by atoms with Crippen molar-refractivity contribution in [1.29, 1.82) is 0 Å². The number of rotatable bonds is 7. The molecule has 1 N–H and O–H groups in total. The average molecular weight is 369 g/mol. The number of halogens is 1. The van der Waals surface area contributed by atoms with Crippen LogP contribution < -0.4 is 5.32 Å². The molecule has 2 rings (SSSR count). The van der Waals surface area contributed by atoms with Crippen molar-refractivity contribution in [3.8, 4) is 0 Å². The highest BCUT2D eigenvalue weighted by Crippen LogP contribution is 2.27. The molecule has 0 unspecified atom stereocenters. The molecule has 1 aromatic heterocycles. The maximum Gasteiger partial charge on any atom is 0.239 e. The van der Waals surface area contributed by atoms with Crippen LogP contribution in [0.25, 0.3) is 10.2 Å². The number of hydrogen-bond donors (Lipinski definition) is 1. The van der Waals surface area contributed by atoms with Crippen molar-refractivity contribution in [3.63, 3.8) is 0 Å². The second kappa shape index (κ2) is 7.90. The van der Waals surface area contributed by atoms with Gasteiger partial charge in [0.25, 0.3) is 0 Å². The number of nitrogens with zero attached hydrogens (tertiary/aromatic N) is 1. The van der Waals surface area contributed by atoms with E-state index in [0.29, 0.717) is 5.13 Å². The first-order valence-corrected chi connectivity index (χ1v) is 9.21. The first kappa shape index (κ1) is 16.4. The molecule has 1 aromatic carbocycles. The molecule has 0 spiro atoms. The van der Waals surface area contributed by atoms with Crippen molar-refractivity contribution in [2.24, 2.45) is 0 Å². The molecule has 0 radical (unpaired) electrons. The molecule has 0 aliphatic carbocycles. The molecule has 0 aliphatic rings. The highest BCUT2D eigenvalue weighted by Gasteiger charge is 2.15. The third-order valence-electron chi connectivity index (χ3n) is 3.33. The Hall–Kier alpha value is -0.940. The lowest BCUT2D eigenvalue weighted by Gasteiger charge is -2.06. The number of carbonyl (C=O) groups excluding carboxylic acids is 1. The number of aromatic nitrogens is 1. The maximum atomic E-state index is 12.0. The average Bonchev–Trinajstić information content (AvgIpc) is 2.86. The summed E-state index contributed by atoms with van der Waals surface area (Å²) in [6, 6.07) is 6.37. The van der Waals surface area contributed by atoms with Crippen LogP contribution in [0.2, 0.25) is 0 Å². The summed E-state index contributed by atoms with van der Waals surface area (Å²) < 4.78 is 1.14. The molecular formula is C16H21BrN2OS. The number of hydrogen-bond acceptors (Lipinski definition) is 3. The minimum atomic E-state index is -0.144. The Bertz CT molecular complexity index is 611. The second-order valence-electron chi connectivity index (χ2n) is 5.17. The zero-order valence-corrected chi connectivity index (χ0v) is 14.9. The molecule has 1 atom stereocenters. The van der Waals surface area contributed by atoms with E-state index in [2.05, 4.69) is 52.2 Å². The largest absolute Gasteiger partial charge is 0.301 e. The number of aryl methyl sites for hydroxylation is 1. The minimum absolute atomic E-state index is 0.0119. The summed E-state index contributed by atoms with van der Waals surface area (Å²) in [5.41, 5.74) is 2.30. The minimum Gasteiger partial charge on any atom is -0.301 e. The number of alkyl halides is 1. The van der Waals surface area contributed by atoms with E-state index in [-0.39, 0.29) is 10.7 Å². The highest BCUT2D eigenvalue weighted by atomic mass is 79.9. The number of unbranched alkanes of at least 4 members (excludes halogenated alkanes) is 1. The normalized spacial score (nSPS) is 12.5. The van der Waals surface area contributed by atoms with Crippen LogP contribution in [0.3, 0.4) is 0 Å². The van der Waals surface area contributed by atoms with Gasteiger partial charge in [-0.2, -0.15) is 0 Å². The number of anilines is 1. The number of benzene rings is 1. The van der Waals surface area contributed by atoms with E-state index < -0.39 is 0 Å². The van der Waals surface area contributed by atoms with Crippen molar-refractivity contribution in [3.05, 3.63) is 23.8 Å². The Kier molecular flexibility index (Phi) is 6.18. The Morgan fingerprint density at radius 3 is 2.90 bits per heavy atom. The molecule has 5 heteroatoms. The fraction of sp³-hybridized carbons (Fsp3) is 0.500. The molecule has 0 saturated carbocycles. The van der Waals surface area contributed by atoms with Crippen molar-refractivity contribution < 1.29 is 4.79 Å². The molecule has 1 heterocycles. The fourth-order valence-corrected chi connectivity index (χ4v) is 3.63. The zero-order valence-electron chi connectivity index (χ0n) is 12.5. The topological polar surface area (TPSA) is 42.0 Å². The predicted molar refractivity (Wildman–Crippen MR) is 94.5 cm³/mol. The van der Waals surface area contributed by atoms with Gasteiger partial charge in [0.15, 0.2) is 5.13 Å². The molecule has 2 aromatic rings. The van der Waals surface area contributed by atoms with Crippen molar-refractivity contribution >= 4 is 48.5 Å². The van der Waals surface area contributed by atoms with Gasteiger partial charge in [-0.1, -0.05) is 60.0 Å². The molecule has 0 fully saturated rings. The molecule has 0 aliphatic heterocycles. The summed E-state index contributed by atoms with van der Waals surface area (Å²) in [6.45, 7) is 4.27. The van der Waals surface area contributed by atoms with Crippen LogP contribution in [-0.4, -0.2) is 15.7 Å². The van der Waals surface area contributed by atoms with E-state index in [1.54, 1.807) is 11.3 Å². The van der Waals surface area contributed by atoms with E-state index in [0.717, 1.165) is 29.5 Å². The Balaban J connectivity index is 2.09. The van der Waals surface area contributed by atoms with Gasteiger partial charge >= 0.3 is 0 Å². The van der Waals surface area contributed by atoms with Crippen molar-refractivity contribution in [2.45, 2.75) is 50.8 Å². The van der Waals surface area contributed by atoms with Crippen LogP contribution >= 0.6 is 27.3 Å². The third kappa shape index (κ3) is 4.51. The SMILES string of the molecule is CCCCc1ccc2nc(NC(=O)[C@@H](Br)CCC)sc2c1. The Labute approximate surface area is 138 Å². The summed E-state index contributed by atoms with van der Waals surface area (Å²) in [6.07, 6.45) is 5.32. The van der Waals surface area contributed by atoms with Gasteiger partial charge in [-0.3, -0.25) is 4.79 Å². The monoisotopic (exact) mass is 368 g/mol. The lowest BCUT2D eigenvalue weighted by atomic mass is 10.1. The number of amides is 1. The quantitative estimate of drug-likeness (QED) is 0.687. The highest BCUT2D eigenvalue weighted by molar-refractivity contribution is 9.10. The third-order valence-corrected chi connectivity index (χ3v) is 5.14. The molecule has 3 nitrogen and oxygen atoms in total.